The molecular formula is C12H8BF8Li3O7. The summed E-state index contributed by atoms with van der Waals surface area (Å²) in [7, 11) is -2.92. The molecular weight excluding hydrogens is 440 g/mol. The van der Waals surface area contributed by atoms with Crippen molar-refractivity contribution in [2.75, 3.05) is 0 Å². The van der Waals surface area contributed by atoms with Gasteiger partial charge < -0.3 is 35.5 Å². The maximum atomic E-state index is 12.5. The van der Waals surface area contributed by atoms with Crippen molar-refractivity contribution in [1.29, 1.82) is 0 Å². The molecule has 31 heavy (non-hydrogen) atoms. The first-order valence-electron chi connectivity index (χ1n) is 6.50. The molecule has 0 bridgehead atoms. The zero-order chi connectivity index (χ0) is 22.6. The number of hydrogen-bond acceptors (Lipinski definition) is 7. The van der Waals surface area contributed by atoms with Crippen molar-refractivity contribution in [3.8, 4) is 0 Å². The molecule has 0 spiro atoms. The molecule has 4 unspecified atom stereocenters. The van der Waals surface area contributed by atoms with Gasteiger partial charge in [-0.25, -0.2) is 35.1 Å². The van der Waals surface area contributed by atoms with Crippen LogP contribution in [0.25, 0.3) is 0 Å². The van der Waals surface area contributed by atoms with Crippen LogP contribution >= 0.6 is 0 Å². The van der Waals surface area contributed by atoms with Gasteiger partial charge in [-0.2, -0.15) is 0 Å². The van der Waals surface area contributed by atoms with E-state index in [-0.39, 0.29) is 68.7 Å². The Morgan fingerprint density at radius 2 is 0.871 bits per heavy atom. The normalized spacial score (nSPS) is 29.4. The predicted octanol–water partition coefficient (Wildman–Crippen LogP) is -10.9. The van der Waals surface area contributed by atoms with Gasteiger partial charge in [-0.05, 0) is 12.2 Å². The van der Waals surface area contributed by atoms with E-state index in [1.807, 2.05) is 0 Å². The van der Waals surface area contributed by atoms with Crippen LogP contribution in [0.2, 0.25) is 0 Å². The first-order valence-corrected chi connectivity index (χ1v) is 6.50. The van der Waals surface area contributed by atoms with Crippen molar-refractivity contribution < 1.29 is 127 Å². The zero-order valence-electron chi connectivity index (χ0n) is 15.9. The summed E-state index contributed by atoms with van der Waals surface area (Å²) in [5, 5.41) is 59.1. The molecule has 0 aromatic carbocycles. The van der Waals surface area contributed by atoms with Crippen molar-refractivity contribution in [3.63, 3.8) is 0 Å². The van der Waals surface area contributed by atoms with E-state index in [1.54, 1.807) is 0 Å². The van der Waals surface area contributed by atoms with E-state index >= 15 is 0 Å². The van der Waals surface area contributed by atoms with Gasteiger partial charge in [-0.15, -0.1) is 0 Å². The molecule has 2 aliphatic rings. The Labute approximate surface area is 205 Å². The molecule has 0 fully saturated rings. The van der Waals surface area contributed by atoms with E-state index in [0.717, 1.165) is 0 Å². The fraction of sp³-hybridized carbons (Fsp3) is 0.333. The minimum atomic E-state index is -3.88. The Morgan fingerprint density at radius 1 is 0.677 bits per heavy atom. The van der Waals surface area contributed by atoms with Crippen LogP contribution in [0, 0.1) is 0 Å². The average molecular weight is 448 g/mol. The van der Waals surface area contributed by atoms with Gasteiger partial charge in [0, 0.05) is 0 Å². The third kappa shape index (κ3) is 10.2. The van der Waals surface area contributed by atoms with Crippen LogP contribution in [0.1, 0.15) is 0 Å². The molecule has 160 valence electrons. The Hall–Kier alpha value is -0.0229. The maximum absolute atomic E-state index is 12.5. The number of allylic oxidation sites excluding steroid dienone is 4. The van der Waals surface area contributed by atoms with Crippen molar-refractivity contribution in [2.24, 2.45) is 0 Å². The number of rotatable bonds is 0. The molecule has 2 aliphatic carbocycles. The third-order valence-electron chi connectivity index (χ3n) is 2.81. The minimum absolute atomic E-state index is 0. The van der Waals surface area contributed by atoms with Gasteiger partial charge in [0.15, 0.2) is 23.3 Å². The van der Waals surface area contributed by atoms with Crippen LogP contribution in [-0.4, -0.2) is 51.7 Å². The summed E-state index contributed by atoms with van der Waals surface area (Å²) in [5.74, 6) is -20.2. The summed E-state index contributed by atoms with van der Waals surface area (Å²) in [6.45, 7) is 0. The van der Waals surface area contributed by atoms with Crippen LogP contribution in [0.3, 0.4) is 0 Å². The van der Waals surface area contributed by atoms with Gasteiger partial charge in [0.2, 0.25) is 11.7 Å². The van der Waals surface area contributed by atoms with Crippen molar-refractivity contribution in [2.45, 2.75) is 23.9 Å². The van der Waals surface area contributed by atoms with Gasteiger partial charge in [0.25, 0.3) is 11.7 Å². The van der Waals surface area contributed by atoms with E-state index in [2.05, 4.69) is 0 Å². The van der Waals surface area contributed by atoms with E-state index in [0.29, 0.717) is 0 Å². The molecule has 0 saturated carbocycles. The van der Waals surface area contributed by atoms with E-state index in [4.69, 9.17) is 35.5 Å². The molecule has 0 amide bonds. The minimum Gasteiger partial charge on any atom is -0.907 e. The fourth-order valence-electron chi connectivity index (χ4n) is 1.42. The molecule has 0 heterocycles. The standard InChI is InChI=1S/2C6H4F4O2.BO3.3Li/c2*7-2-1-3(11)6(10,12)5(9)4(2)8;2-1(3)4;;;/h2*1,3,11-12H;;;;/q;;-3;3*+1. The topological polar surface area (TPSA) is 150 Å². The average Bonchev–Trinajstić information content (AvgIpc) is 2.56. The molecule has 7 nitrogen and oxygen atoms in total. The molecule has 4 atom stereocenters. The zero-order valence-corrected chi connectivity index (χ0v) is 15.9. The molecule has 0 radical (unpaired) electrons. The summed E-state index contributed by atoms with van der Waals surface area (Å²) in [6.07, 6.45) is -4.79. The molecule has 0 aliphatic heterocycles. The molecule has 0 aromatic rings. The third-order valence-corrected chi connectivity index (χ3v) is 2.81. The molecule has 4 N–H and O–H groups in total. The van der Waals surface area contributed by atoms with Gasteiger partial charge in [-0.1, -0.05) is 0 Å². The SMILES string of the molecule is OC1C=C(F)C(F)=C(F)C1(O)F.OC1C=C(F)C(F)=C(F)C1(O)F.[Li+].[Li+].[Li+].[O-]B([O-])[O-]. The Balaban J connectivity index is -0.000000186. The first-order chi connectivity index (χ1) is 12.5. The number of hydrogen-bond donors (Lipinski definition) is 4. The molecule has 0 saturated heterocycles. The van der Waals surface area contributed by atoms with Crippen LogP contribution in [0.4, 0.5) is 35.1 Å². The summed E-state index contributed by atoms with van der Waals surface area (Å²) in [6, 6.07) is 0. The summed E-state index contributed by atoms with van der Waals surface area (Å²) in [5.41, 5.74) is 0. The van der Waals surface area contributed by atoms with Gasteiger partial charge in [-0.3, -0.25) is 7.32 Å². The molecule has 2 rings (SSSR count). The van der Waals surface area contributed by atoms with Gasteiger partial charge in [0.05, 0.1) is 0 Å². The van der Waals surface area contributed by atoms with E-state index in [1.165, 1.54) is 0 Å². The van der Waals surface area contributed by atoms with Gasteiger partial charge >= 0.3 is 56.6 Å². The fourth-order valence-corrected chi connectivity index (χ4v) is 1.42. The van der Waals surface area contributed by atoms with Crippen molar-refractivity contribution >= 4 is 7.32 Å². The van der Waals surface area contributed by atoms with E-state index < -0.39 is 66.2 Å². The molecule has 19 heteroatoms. The van der Waals surface area contributed by atoms with E-state index in [9.17, 15) is 35.1 Å². The first kappa shape index (κ1) is 38.2. The summed E-state index contributed by atoms with van der Waals surface area (Å²) >= 11 is 0. The second-order valence-electron chi connectivity index (χ2n) is 4.81. The summed E-state index contributed by atoms with van der Waals surface area (Å²) in [4.78, 5) is 0. The number of alkyl halides is 2. The predicted molar refractivity (Wildman–Crippen MR) is 66.7 cm³/mol. The Kier molecular flexibility index (Phi) is 18.5. The maximum Gasteiger partial charge on any atom is 1.00 e. The smallest absolute Gasteiger partial charge is 0.907 e. The summed E-state index contributed by atoms with van der Waals surface area (Å²) < 4.78 is 98.3. The number of aliphatic hydroxyl groups excluding tert-OH is 2. The Morgan fingerprint density at radius 3 is 1.06 bits per heavy atom. The van der Waals surface area contributed by atoms with Crippen LogP contribution in [-0.2, 0) is 0 Å². The quantitative estimate of drug-likeness (QED) is 0.213. The number of halogens is 8. The second kappa shape index (κ2) is 15.0. The molecule has 0 aromatic heterocycles. The monoisotopic (exact) mass is 448 g/mol. The van der Waals surface area contributed by atoms with Crippen molar-refractivity contribution in [1.82, 2.24) is 0 Å². The number of aliphatic hydroxyl groups is 4. The Bertz CT molecular complexity index is 660. The van der Waals surface area contributed by atoms with Crippen LogP contribution in [0.15, 0.2) is 47.1 Å². The van der Waals surface area contributed by atoms with Gasteiger partial charge in [0.1, 0.15) is 12.2 Å². The second-order valence-corrected chi connectivity index (χ2v) is 4.81. The van der Waals surface area contributed by atoms with Crippen LogP contribution < -0.4 is 71.7 Å². The van der Waals surface area contributed by atoms with Crippen LogP contribution in [0.5, 0.6) is 0 Å². The largest absolute Gasteiger partial charge is 1.00 e. The van der Waals surface area contributed by atoms with Crippen molar-refractivity contribution in [3.05, 3.63) is 47.1 Å².